The fourth-order valence-corrected chi connectivity index (χ4v) is 6.07. The summed E-state index contributed by atoms with van der Waals surface area (Å²) in [6, 6.07) is 6.14. The van der Waals surface area contributed by atoms with Crippen LogP contribution in [0.2, 0.25) is 0 Å². The van der Waals surface area contributed by atoms with Crippen molar-refractivity contribution in [2.45, 2.75) is 13.3 Å². The summed E-state index contributed by atoms with van der Waals surface area (Å²) in [4.78, 5) is 51.3. The summed E-state index contributed by atoms with van der Waals surface area (Å²) in [7, 11) is -3.11. The zero-order valence-corrected chi connectivity index (χ0v) is 21.0. The lowest BCUT2D eigenvalue weighted by atomic mass is 10.1. The molecule has 1 unspecified atom stereocenters. The SMILES string of the molecule is CCOP(=O)(CCc1ccc([N+](=O)[O-])cc1)CN1CCN(C=O)CCN(C=O)CCN(C=O)CC1. The van der Waals surface area contributed by atoms with Crippen LogP contribution in [0.15, 0.2) is 24.3 Å². The lowest BCUT2D eigenvalue weighted by Gasteiger charge is -2.32. The zero-order valence-electron chi connectivity index (χ0n) is 20.1. The second-order valence-electron chi connectivity index (χ2n) is 8.31. The molecule has 2 rings (SSSR count). The Labute approximate surface area is 205 Å². The van der Waals surface area contributed by atoms with E-state index >= 15 is 0 Å². The Morgan fingerprint density at radius 3 is 1.74 bits per heavy atom. The summed E-state index contributed by atoms with van der Waals surface area (Å²) in [5.74, 6) is 0. The lowest BCUT2D eigenvalue weighted by Crippen LogP contribution is -2.45. The molecule has 1 aliphatic rings. The molecular formula is C22H34N5O7P. The van der Waals surface area contributed by atoms with Crippen LogP contribution in [0.5, 0.6) is 0 Å². The van der Waals surface area contributed by atoms with Gasteiger partial charge in [-0.15, -0.1) is 0 Å². The molecule has 1 saturated heterocycles. The van der Waals surface area contributed by atoms with Crippen LogP contribution in [0.4, 0.5) is 5.69 Å². The van der Waals surface area contributed by atoms with Crippen LogP contribution < -0.4 is 0 Å². The first-order chi connectivity index (χ1) is 16.8. The molecule has 1 atom stereocenters. The number of carbonyl (C=O) groups excluding carboxylic acids is 3. The van der Waals surface area contributed by atoms with Gasteiger partial charge in [-0.05, 0) is 18.9 Å². The molecule has 0 N–H and O–H groups in total. The van der Waals surface area contributed by atoms with Crippen LogP contribution in [-0.4, -0.2) is 115 Å². The number of nitro groups is 1. The number of nitro benzene ring substituents is 1. The number of benzene rings is 1. The van der Waals surface area contributed by atoms with Crippen molar-refractivity contribution >= 4 is 32.3 Å². The van der Waals surface area contributed by atoms with E-state index in [1.54, 1.807) is 28.9 Å². The molecule has 0 bridgehead atoms. The Balaban J connectivity index is 2.10. The van der Waals surface area contributed by atoms with Gasteiger partial charge in [-0.1, -0.05) is 12.1 Å². The average Bonchev–Trinajstić information content (AvgIpc) is 2.85. The van der Waals surface area contributed by atoms with Gasteiger partial charge in [0.1, 0.15) is 0 Å². The van der Waals surface area contributed by atoms with Crippen LogP contribution in [0, 0.1) is 10.1 Å². The lowest BCUT2D eigenvalue weighted by molar-refractivity contribution is -0.384. The third-order valence-corrected chi connectivity index (χ3v) is 8.34. The van der Waals surface area contributed by atoms with Crippen molar-refractivity contribution in [1.82, 2.24) is 19.6 Å². The predicted octanol–water partition coefficient (Wildman–Crippen LogP) is 1.10. The summed E-state index contributed by atoms with van der Waals surface area (Å²) < 4.78 is 19.4. The van der Waals surface area contributed by atoms with E-state index in [-0.39, 0.29) is 24.7 Å². The third kappa shape index (κ3) is 9.75. The monoisotopic (exact) mass is 511 g/mol. The van der Waals surface area contributed by atoms with Gasteiger partial charge < -0.3 is 19.2 Å². The minimum absolute atomic E-state index is 0.00296. The van der Waals surface area contributed by atoms with Gasteiger partial charge in [-0.25, -0.2) is 0 Å². The van der Waals surface area contributed by atoms with E-state index in [4.69, 9.17) is 4.52 Å². The van der Waals surface area contributed by atoms with E-state index < -0.39 is 12.3 Å². The van der Waals surface area contributed by atoms with Gasteiger partial charge in [0.15, 0.2) is 0 Å². The average molecular weight is 512 g/mol. The van der Waals surface area contributed by atoms with Gasteiger partial charge in [-0.2, -0.15) is 0 Å². The van der Waals surface area contributed by atoms with E-state index in [1.807, 2.05) is 4.90 Å². The largest absolute Gasteiger partial charge is 0.342 e. The van der Waals surface area contributed by atoms with Crippen LogP contribution in [0.1, 0.15) is 12.5 Å². The number of hydrogen-bond acceptors (Lipinski definition) is 8. The topological polar surface area (TPSA) is 134 Å². The van der Waals surface area contributed by atoms with E-state index in [9.17, 15) is 29.1 Å². The maximum atomic E-state index is 13.7. The van der Waals surface area contributed by atoms with Crippen molar-refractivity contribution in [3.05, 3.63) is 39.9 Å². The van der Waals surface area contributed by atoms with Crippen molar-refractivity contribution in [1.29, 1.82) is 0 Å². The molecule has 0 spiro atoms. The van der Waals surface area contributed by atoms with Gasteiger partial charge in [0.25, 0.3) is 5.69 Å². The second kappa shape index (κ2) is 14.6. The number of rotatable bonds is 11. The summed E-state index contributed by atoms with van der Waals surface area (Å²) >= 11 is 0. The van der Waals surface area contributed by atoms with Crippen molar-refractivity contribution in [2.24, 2.45) is 0 Å². The molecule has 0 aliphatic carbocycles. The maximum absolute atomic E-state index is 13.7. The molecule has 1 fully saturated rings. The fraction of sp³-hybridized carbons (Fsp3) is 0.591. The van der Waals surface area contributed by atoms with Crippen molar-refractivity contribution in [2.75, 3.05) is 71.4 Å². The normalized spacial score (nSPS) is 18.1. The highest BCUT2D eigenvalue weighted by molar-refractivity contribution is 7.58. The zero-order chi connectivity index (χ0) is 25.7. The Morgan fingerprint density at radius 2 is 1.34 bits per heavy atom. The van der Waals surface area contributed by atoms with Gasteiger partial charge >= 0.3 is 0 Å². The number of hydrogen-bond donors (Lipinski definition) is 0. The van der Waals surface area contributed by atoms with E-state index in [2.05, 4.69) is 0 Å². The number of amides is 3. The van der Waals surface area contributed by atoms with Crippen LogP contribution in [0.3, 0.4) is 0 Å². The van der Waals surface area contributed by atoms with Gasteiger partial charge in [0.2, 0.25) is 26.6 Å². The predicted molar refractivity (Wildman–Crippen MR) is 130 cm³/mol. The Kier molecular flexibility index (Phi) is 11.8. The molecule has 0 saturated carbocycles. The van der Waals surface area contributed by atoms with Gasteiger partial charge in [0, 0.05) is 70.7 Å². The number of nitrogens with zero attached hydrogens (tertiary/aromatic N) is 5. The quantitative estimate of drug-likeness (QED) is 0.187. The summed E-state index contributed by atoms with van der Waals surface area (Å²) in [5.41, 5.74) is 0.819. The second-order valence-corrected chi connectivity index (χ2v) is 10.9. The van der Waals surface area contributed by atoms with Gasteiger partial charge in [0.05, 0.1) is 17.8 Å². The molecule has 1 aromatic rings. The molecule has 12 nitrogen and oxygen atoms in total. The number of non-ortho nitro benzene ring substituents is 1. The molecule has 1 aliphatic heterocycles. The van der Waals surface area contributed by atoms with Crippen LogP contribution in [0.25, 0.3) is 0 Å². The maximum Gasteiger partial charge on any atom is 0.269 e. The summed E-state index contributed by atoms with van der Waals surface area (Å²) in [6.45, 7) is 5.12. The first-order valence-electron chi connectivity index (χ1n) is 11.6. The van der Waals surface area contributed by atoms with Crippen molar-refractivity contribution in [3.8, 4) is 0 Å². The molecular weight excluding hydrogens is 477 g/mol. The molecule has 35 heavy (non-hydrogen) atoms. The Hall–Kier alpha value is -2.82. The molecule has 194 valence electrons. The minimum Gasteiger partial charge on any atom is -0.342 e. The van der Waals surface area contributed by atoms with E-state index in [0.717, 1.165) is 18.4 Å². The highest BCUT2D eigenvalue weighted by Gasteiger charge is 2.27. The molecule has 13 heteroatoms. The Bertz CT molecular complexity index is 861. The molecule has 1 aromatic carbocycles. The smallest absolute Gasteiger partial charge is 0.269 e. The molecule has 0 radical (unpaired) electrons. The Morgan fingerprint density at radius 1 is 0.886 bits per heavy atom. The first kappa shape index (κ1) is 28.4. The highest BCUT2D eigenvalue weighted by Crippen LogP contribution is 2.47. The van der Waals surface area contributed by atoms with Gasteiger partial charge in [-0.3, -0.25) is 34.0 Å². The van der Waals surface area contributed by atoms with Crippen LogP contribution in [-0.2, 0) is 29.9 Å². The van der Waals surface area contributed by atoms with Crippen LogP contribution >= 0.6 is 7.37 Å². The summed E-state index contributed by atoms with van der Waals surface area (Å²) in [5, 5.41) is 10.9. The molecule has 3 amide bonds. The van der Waals surface area contributed by atoms with Crippen molar-refractivity contribution < 1.29 is 28.4 Å². The number of carbonyl (C=O) groups is 3. The first-order valence-corrected chi connectivity index (χ1v) is 13.6. The van der Waals surface area contributed by atoms with E-state index in [0.29, 0.717) is 65.2 Å². The summed E-state index contributed by atoms with van der Waals surface area (Å²) in [6.07, 6.45) is 3.05. The highest BCUT2D eigenvalue weighted by atomic mass is 31.2. The fourth-order valence-electron chi connectivity index (χ4n) is 3.76. The number of aryl methyl sites for hydroxylation is 1. The third-order valence-electron chi connectivity index (χ3n) is 5.87. The van der Waals surface area contributed by atoms with E-state index in [1.165, 1.54) is 17.0 Å². The van der Waals surface area contributed by atoms with Crippen molar-refractivity contribution in [3.63, 3.8) is 0 Å². The standard InChI is InChI=1S/C22H34N5O7P/c1-2-34-35(33,16-7-21-3-5-22(6-4-21)27(31)32)20-26-14-12-24(18-29)10-8-23(17-28)9-11-25(19-30)13-15-26/h3-6,17-19H,2,7-16,20H2,1H3. The molecule has 0 aromatic heterocycles. The molecule has 1 heterocycles. The minimum atomic E-state index is -3.11.